The Bertz CT molecular complexity index is 1200. The van der Waals surface area contributed by atoms with Gasteiger partial charge in [-0.2, -0.15) is 0 Å². The van der Waals surface area contributed by atoms with Crippen molar-refractivity contribution in [1.29, 1.82) is 0 Å². The zero-order valence-corrected chi connectivity index (χ0v) is 49.8. The maximum absolute atomic E-state index is 12.5. The van der Waals surface area contributed by atoms with Crippen LogP contribution < -0.4 is 5.32 Å². The van der Waals surface area contributed by atoms with Gasteiger partial charge in [0.2, 0.25) is 5.91 Å². The Balaban J connectivity index is 3.45. The largest absolute Gasteiger partial charge is 0.466 e. The monoisotopic (exact) mass is 1040 g/mol. The molecule has 0 aliphatic carbocycles. The standard InChI is InChI=1S/C68H129NO5/c1-3-5-7-9-11-13-15-17-19-20-21-27-30-33-36-40-44-48-52-56-60-66(71)65(64-70)69-67(72)61-57-53-49-45-41-37-34-31-28-25-23-22-24-26-29-32-35-39-43-47-51-55-59-63-74-68(73)62-58-54-50-46-42-38-18-16-14-12-10-8-6-4-2/h16,18,22,24-25,28,65-66,70-71H,3-15,17,19-21,23,26-27,29-64H2,1-2H3,(H,69,72)/b18-16-,24-22-,28-25-. The topological polar surface area (TPSA) is 95.9 Å². The third-order valence-corrected chi connectivity index (χ3v) is 15.4. The van der Waals surface area contributed by atoms with Crippen molar-refractivity contribution in [2.45, 2.75) is 373 Å². The van der Waals surface area contributed by atoms with Crippen molar-refractivity contribution in [2.24, 2.45) is 0 Å². The van der Waals surface area contributed by atoms with Crippen LogP contribution in [0.15, 0.2) is 36.5 Å². The molecule has 2 atom stereocenters. The molecule has 0 rings (SSSR count). The Morgan fingerprint density at radius 2 is 0.676 bits per heavy atom. The van der Waals surface area contributed by atoms with Gasteiger partial charge in [0, 0.05) is 12.8 Å². The van der Waals surface area contributed by atoms with Crippen LogP contribution in [-0.2, 0) is 14.3 Å². The molecule has 0 aromatic rings. The van der Waals surface area contributed by atoms with Crippen molar-refractivity contribution in [3.05, 3.63) is 36.5 Å². The minimum Gasteiger partial charge on any atom is -0.466 e. The van der Waals surface area contributed by atoms with Crippen LogP contribution in [0.2, 0.25) is 0 Å². The van der Waals surface area contributed by atoms with E-state index in [9.17, 15) is 19.8 Å². The normalized spacial score (nSPS) is 12.8. The van der Waals surface area contributed by atoms with Crippen LogP contribution in [0.1, 0.15) is 361 Å². The lowest BCUT2D eigenvalue weighted by atomic mass is 10.0. The van der Waals surface area contributed by atoms with E-state index >= 15 is 0 Å². The smallest absolute Gasteiger partial charge is 0.305 e. The first-order valence-electron chi connectivity index (χ1n) is 33.2. The Morgan fingerprint density at radius 1 is 0.378 bits per heavy atom. The molecule has 0 radical (unpaired) electrons. The van der Waals surface area contributed by atoms with Gasteiger partial charge in [-0.1, -0.05) is 301 Å². The van der Waals surface area contributed by atoms with E-state index in [1.807, 2.05) is 0 Å². The van der Waals surface area contributed by atoms with Gasteiger partial charge in [-0.3, -0.25) is 9.59 Å². The van der Waals surface area contributed by atoms with Crippen LogP contribution in [0.3, 0.4) is 0 Å². The second kappa shape index (κ2) is 63.6. The zero-order valence-electron chi connectivity index (χ0n) is 49.8. The van der Waals surface area contributed by atoms with Crippen molar-refractivity contribution < 1.29 is 24.5 Å². The lowest BCUT2D eigenvalue weighted by Gasteiger charge is -2.22. The van der Waals surface area contributed by atoms with Crippen LogP contribution in [0.4, 0.5) is 0 Å². The van der Waals surface area contributed by atoms with E-state index in [0.717, 1.165) is 57.8 Å². The van der Waals surface area contributed by atoms with Gasteiger partial charge in [-0.25, -0.2) is 0 Å². The highest BCUT2D eigenvalue weighted by atomic mass is 16.5. The molecule has 2 unspecified atom stereocenters. The third kappa shape index (κ3) is 59.3. The van der Waals surface area contributed by atoms with Crippen molar-refractivity contribution in [1.82, 2.24) is 5.32 Å². The highest BCUT2D eigenvalue weighted by Crippen LogP contribution is 2.18. The second-order valence-corrected chi connectivity index (χ2v) is 22.8. The first-order valence-corrected chi connectivity index (χ1v) is 33.2. The first-order chi connectivity index (χ1) is 36.5. The maximum atomic E-state index is 12.5. The number of allylic oxidation sites excluding steroid dienone is 6. The molecule has 0 bridgehead atoms. The predicted molar refractivity (Wildman–Crippen MR) is 324 cm³/mol. The fraction of sp³-hybridized carbons (Fsp3) is 0.882. The number of carbonyl (C=O) groups is 2. The molecule has 0 saturated heterocycles. The van der Waals surface area contributed by atoms with Gasteiger partial charge in [0.05, 0.1) is 25.4 Å². The molecule has 0 aliphatic rings. The minimum absolute atomic E-state index is 0.00113. The number of amides is 1. The lowest BCUT2D eigenvalue weighted by Crippen LogP contribution is -2.45. The summed E-state index contributed by atoms with van der Waals surface area (Å²) in [5.41, 5.74) is 0. The van der Waals surface area contributed by atoms with Gasteiger partial charge >= 0.3 is 5.97 Å². The minimum atomic E-state index is -0.672. The SMILES string of the molecule is CCCCCCC/C=C\CCCCCCCC(=O)OCCCCCCCCCCC/C=C\C/C=C\CCCCCCCCCC(=O)NC(CO)C(O)CCCCCCCCCCCCCCCCCCCCCC. The number of nitrogens with one attached hydrogen (secondary N) is 1. The highest BCUT2D eigenvalue weighted by molar-refractivity contribution is 5.76. The molecule has 6 heteroatoms. The van der Waals surface area contributed by atoms with E-state index in [0.29, 0.717) is 25.9 Å². The van der Waals surface area contributed by atoms with Gasteiger partial charge in [-0.05, 0) is 83.5 Å². The van der Waals surface area contributed by atoms with Crippen molar-refractivity contribution in [3.8, 4) is 0 Å². The summed E-state index contributed by atoms with van der Waals surface area (Å²) in [5.74, 6) is -0.0436. The number of ether oxygens (including phenoxy) is 1. The summed E-state index contributed by atoms with van der Waals surface area (Å²) in [6.07, 6.45) is 80.2. The summed E-state index contributed by atoms with van der Waals surface area (Å²) in [6, 6.07) is -0.550. The first kappa shape index (κ1) is 72.1. The fourth-order valence-corrected chi connectivity index (χ4v) is 10.3. The highest BCUT2D eigenvalue weighted by Gasteiger charge is 2.20. The molecule has 0 heterocycles. The van der Waals surface area contributed by atoms with Gasteiger partial charge in [0.1, 0.15) is 0 Å². The van der Waals surface area contributed by atoms with Crippen molar-refractivity contribution in [2.75, 3.05) is 13.2 Å². The number of carbonyl (C=O) groups excluding carboxylic acids is 2. The average molecular weight is 1040 g/mol. The molecule has 0 saturated carbocycles. The second-order valence-electron chi connectivity index (χ2n) is 22.8. The molecular weight excluding hydrogens is 911 g/mol. The van der Waals surface area contributed by atoms with Gasteiger partial charge in [0.15, 0.2) is 0 Å². The molecule has 0 fully saturated rings. The summed E-state index contributed by atoms with van der Waals surface area (Å²) >= 11 is 0. The molecular formula is C68H129NO5. The molecule has 74 heavy (non-hydrogen) atoms. The predicted octanol–water partition coefficient (Wildman–Crippen LogP) is 21.1. The van der Waals surface area contributed by atoms with E-state index in [1.165, 1.54) is 270 Å². The lowest BCUT2D eigenvalue weighted by molar-refractivity contribution is -0.143. The number of aliphatic hydroxyl groups is 2. The van der Waals surface area contributed by atoms with Crippen LogP contribution in [0.25, 0.3) is 0 Å². The Hall–Kier alpha value is -1.92. The summed E-state index contributed by atoms with van der Waals surface area (Å²) in [6.45, 7) is 4.96. The van der Waals surface area contributed by atoms with Crippen LogP contribution in [0, 0.1) is 0 Å². The summed E-state index contributed by atoms with van der Waals surface area (Å²) < 4.78 is 5.47. The third-order valence-electron chi connectivity index (χ3n) is 15.4. The van der Waals surface area contributed by atoms with E-state index in [4.69, 9.17) is 4.74 Å². The van der Waals surface area contributed by atoms with Gasteiger partial charge < -0.3 is 20.3 Å². The van der Waals surface area contributed by atoms with Gasteiger partial charge in [-0.15, -0.1) is 0 Å². The number of aliphatic hydroxyl groups excluding tert-OH is 2. The Kier molecular flexibility index (Phi) is 62.0. The van der Waals surface area contributed by atoms with Crippen molar-refractivity contribution >= 4 is 11.9 Å². The number of esters is 1. The summed E-state index contributed by atoms with van der Waals surface area (Å²) in [7, 11) is 0. The zero-order chi connectivity index (χ0) is 53.6. The molecule has 1 amide bonds. The fourth-order valence-electron chi connectivity index (χ4n) is 10.3. The molecule has 0 aliphatic heterocycles. The van der Waals surface area contributed by atoms with Crippen LogP contribution in [0.5, 0.6) is 0 Å². The summed E-state index contributed by atoms with van der Waals surface area (Å²) in [4.78, 5) is 24.6. The number of unbranched alkanes of at least 4 members (excludes halogenated alkanes) is 45. The number of hydrogen-bond donors (Lipinski definition) is 3. The van der Waals surface area contributed by atoms with E-state index in [-0.39, 0.29) is 18.5 Å². The van der Waals surface area contributed by atoms with E-state index in [2.05, 4.69) is 55.6 Å². The average Bonchev–Trinajstić information content (AvgIpc) is 3.40. The number of hydrogen-bond acceptors (Lipinski definition) is 5. The molecule has 436 valence electrons. The Labute approximate surface area is 462 Å². The Morgan fingerprint density at radius 3 is 1.04 bits per heavy atom. The summed E-state index contributed by atoms with van der Waals surface area (Å²) in [5, 5.41) is 23.4. The van der Waals surface area contributed by atoms with Crippen molar-refractivity contribution in [3.63, 3.8) is 0 Å². The van der Waals surface area contributed by atoms with Crippen LogP contribution >= 0.6 is 0 Å². The van der Waals surface area contributed by atoms with Gasteiger partial charge in [0.25, 0.3) is 0 Å². The van der Waals surface area contributed by atoms with Crippen LogP contribution in [-0.4, -0.2) is 47.4 Å². The number of rotatable bonds is 62. The molecule has 3 N–H and O–H groups in total. The van der Waals surface area contributed by atoms with E-state index in [1.54, 1.807) is 0 Å². The molecule has 6 nitrogen and oxygen atoms in total. The van der Waals surface area contributed by atoms with E-state index < -0.39 is 12.1 Å². The molecule has 0 spiro atoms. The molecule has 0 aromatic carbocycles. The maximum Gasteiger partial charge on any atom is 0.305 e. The quantitative estimate of drug-likeness (QED) is 0.0320. The molecule has 0 aromatic heterocycles.